The maximum Gasteiger partial charge on any atom is 0.272 e. The van der Waals surface area contributed by atoms with Crippen molar-refractivity contribution >= 4 is 15.9 Å². The molecule has 0 aliphatic carbocycles. The number of aromatic nitrogens is 1. The third kappa shape index (κ3) is 5.45. The van der Waals surface area contributed by atoms with Gasteiger partial charge in [0.25, 0.3) is 5.91 Å². The number of carbonyl (C=O) groups is 1. The lowest BCUT2D eigenvalue weighted by Crippen LogP contribution is -2.49. The molecule has 1 unspecified atom stereocenters. The number of amides is 1. The van der Waals surface area contributed by atoms with Crippen molar-refractivity contribution in [2.24, 2.45) is 0 Å². The Morgan fingerprint density at radius 3 is 2.83 bits per heavy atom. The molecule has 1 aromatic heterocycles. The summed E-state index contributed by atoms with van der Waals surface area (Å²) >= 11 is 0. The highest BCUT2D eigenvalue weighted by Gasteiger charge is 2.28. The van der Waals surface area contributed by atoms with E-state index in [0.29, 0.717) is 18.1 Å². The Bertz CT molecular complexity index is 676. The van der Waals surface area contributed by atoms with Gasteiger partial charge in [0.2, 0.25) is 15.9 Å². The fourth-order valence-corrected chi connectivity index (χ4v) is 3.21. The molecule has 0 aromatic carbocycles. The molecule has 1 aromatic rings. The zero-order valence-corrected chi connectivity index (χ0v) is 15.2. The fourth-order valence-electron chi connectivity index (χ4n) is 2.72. The average molecular weight is 355 g/mol. The largest absolute Gasteiger partial charge is 0.475 e. The molecule has 134 valence electrons. The van der Waals surface area contributed by atoms with Crippen LogP contribution in [-0.2, 0) is 10.0 Å². The Kier molecular flexibility index (Phi) is 6.17. The van der Waals surface area contributed by atoms with Crippen LogP contribution in [0.1, 0.15) is 43.6 Å². The van der Waals surface area contributed by atoms with Crippen LogP contribution < -0.4 is 9.46 Å². The summed E-state index contributed by atoms with van der Waals surface area (Å²) in [6.07, 6.45) is 3.75. The number of hydrogen-bond acceptors (Lipinski definition) is 5. The van der Waals surface area contributed by atoms with Crippen molar-refractivity contribution in [3.8, 4) is 5.88 Å². The molecular weight excluding hydrogens is 330 g/mol. The molecule has 0 bridgehead atoms. The lowest BCUT2D eigenvalue weighted by atomic mass is 10.0. The molecular formula is C16H25N3O4S. The maximum absolute atomic E-state index is 12.8. The van der Waals surface area contributed by atoms with E-state index in [1.165, 1.54) is 0 Å². The van der Waals surface area contributed by atoms with Crippen LogP contribution in [0.15, 0.2) is 18.2 Å². The summed E-state index contributed by atoms with van der Waals surface area (Å²) in [6.45, 7) is 4.63. The van der Waals surface area contributed by atoms with E-state index in [1.807, 2.05) is 13.8 Å². The minimum absolute atomic E-state index is 0.0236. The first kappa shape index (κ1) is 18.7. The molecule has 8 heteroatoms. The van der Waals surface area contributed by atoms with E-state index in [4.69, 9.17) is 4.74 Å². The third-order valence-electron chi connectivity index (χ3n) is 3.77. The van der Waals surface area contributed by atoms with Crippen molar-refractivity contribution in [2.45, 2.75) is 45.3 Å². The second kappa shape index (κ2) is 7.94. The standard InChI is InChI=1S/C16H25N3O4S/c1-12(2)23-15-9-6-8-14(18-15)16(20)19-10-5-4-7-13(19)11-17-24(3,21)22/h6,8-9,12-13,17H,4-5,7,10-11H2,1-3H3. The van der Waals surface area contributed by atoms with Gasteiger partial charge < -0.3 is 9.64 Å². The zero-order chi connectivity index (χ0) is 17.7. The molecule has 24 heavy (non-hydrogen) atoms. The monoisotopic (exact) mass is 355 g/mol. The summed E-state index contributed by atoms with van der Waals surface area (Å²) in [5.74, 6) is 0.225. The van der Waals surface area contributed by atoms with Gasteiger partial charge in [-0.25, -0.2) is 18.1 Å². The molecule has 7 nitrogen and oxygen atoms in total. The predicted octanol–water partition coefficient (Wildman–Crippen LogP) is 1.41. The Labute approximate surface area is 143 Å². The van der Waals surface area contributed by atoms with Crippen LogP contribution in [-0.4, -0.2) is 55.7 Å². The van der Waals surface area contributed by atoms with E-state index in [1.54, 1.807) is 23.1 Å². The van der Waals surface area contributed by atoms with Gasteiger partial charge in [-0.3, -0.25) is 4.79 Å². The number of carbonyl (C=O) groups excluding carboxylic acids is 1. The zero-order valence-electron chi connectivity index (χ0n) is 14.4. The molecule has 1 saturated heterocycles. The van der Waals surface area contributed by atoms with Gasteiger partial charge in [0.15, 0.2) is 0 Å². The average Bonchev–Trinajstić information content (AvgIpc) is 2.51. The summed E-state index contributed by atoms with van der Waals surface area (Å²) < 4.78 is 30.7. The van der Waals surface area contributed by atoms with Gasteiger partial charge >= 0.3 is 0 Å². The van der Waals surface area contributed by atoms with Crippen LogP contribution in [0.2, 0.25) is 0 Å². The van der Waals surface area contributed by atoms with Gasteiger partial charge in [-0.15, -0.1) is 0 Å². The second-order valence-corrected chi connectivity index (χ2v) is 8.13. The van der Waals surface area contributed by atoms with E-state index >= 15 is 0 Å². The lowest BCUT2D eigenvalue weighted by molar-refractivity contribution is 0.0611. The molecule has 0 saturated carbocycles. The molecule has 1 amide bonds. The quantitative estimate of drug-likeness (QED) is 0.833. The highest BCUT2D eigenvalue weighted by Crippen LogP contribution is 2.20. The fraction of sp³-hybridized carbons (Fsp3) is 0.625. The van der Waals surface area contributed by atoms with Gasteiger partial charge in [-0.1, -0.05) is 6.07 Å². The minimum atomic E-state index is -3.28. The van der Waals surface area contributed by atoms with Crippen LogP contribution in [0.3, 0.4) is 0 Å². The maximum atomic E-state index is 12.8. The highest BCUT2D eigenvalue weighted by molar-refractivity contribution is 7.88. The number of pyridine rings is 1. The number of nitrogens with zero attached hydrogens (tertiary/aromatic N) is 2. The highest BCUT2D eigenvalue weighted by atomic mass is 32.2. The first-order valence-electron chi connectivity index (χ1n) is 8.15. The second-order valence-electron chi connectivity index (χ2n) is 6.30. The van der Waals surface area contributed by atoms with Crippen LogP contribution in [0.5, 0.6) is 5.88 Å². The van der Waals surface area contributed by atoms with E-state index in [0.717, 1.165) is 25.5 Å². The van der Waals surface area contributed by atoms with Crippen LogP contribution in [0.4, 0.5) is 0 Å². The summed E-state index contributed by atoms with van der Waals surface area (Å²) in [5, 5.41) is 0. The summed E-state index contributed by atoms with van der Waals surface area (Å²) in [5.41, 5.74) is 0.319. The summed E-state index contributed by atoms with van der Waals surface area (Å²) in [7, 11) is -3.28. The topological polar surface area (TPSA) is 88.6 Å². The van der Waals surface area contributed by atoms with E-state index < -0.39 is 10.0 Å². The van der Waals surface area contributed by atoms with E-state index in [-0.39, 0.29) is 24.6 Å². The smallest absolute Gasteiger partial charge is 0.272 e. The first-order chi connectivity index (χ1) is 11.3. The molecule has 2 rings (SSSR count). The Morgan fingerprint density at radius 1 is 1.42 bits per heavy atom. The van der Waals surface area contributed by atoms with Gasteiger partial charge in [0.1, 0.15) is 5.69 Å². The first-order valence-corrected chi connectivity index (χ1v) is 10.0. The molecule has 0 spiro atoms. The molecule has 0 radical (unpaired) electrons. The molecule has 1 aliphatic heterocycles. The number of rotatable bonds is 6. The number of nitrogens with one attached hydrogen (secondary N) is 1. The third-order valence-corrected chi connectivity index (χ3v) is 4.46. The Hall–Kier alpha value is -1.67. The van der Waals surface area contributed by atoms with Crippen molar-refractivity contribution in [1.29, 1.82) is 0 Å². The molecule has 1 aliphatic rings. The van der Waals surface area contributed by atoms with E-state index in [9.17, 15) is 13.2 Å². The number of likely N-dealkylation sites (tertiary alicyclic amines) is 1. The van der Waals surface area contributed by atoms with Crippen LogP contribution >= 0.6 is 0 Å². The molecule has 1 fully saturated rings. The Balaban J connectivity index is 2.13. The van der Waals surface area contributed by atoms with Gasteiger partial charge in [0, 0.05) is 25.2 Å². The Morgan fingerprint density at radius 2 is 2.17 bits per heavy atom. The normalized spacial score (nSPS) is 18.7. The van der Waals surface area contributed by atoms with Gasteiger partial charge in [-0.05, 0) is 39.2 Å². The van der Waals surface area contributed by atoms with Crippen molar-refractivity contribution in [1.82, 2.24) is 14.6 Å². The number of piperidine rings is 1. The molecule has 1 atom stereocenters. The predicted molar refractivity (Wildman–Crippen MR) is 91.5 cm³/mol. The summed E-state index contributed by atoms with van der Waals surface area (Å²) in [6, 6.07) is 4.96. The SMILES string of the molecule is CC(C)Oc1cccc(C(=O)N2CCCCC2CNS(C)(=O)=O)n1. The minimum Gasteiger partial charge on any atom is -0.475 e. The van der Waals surface area contributed by atoms with Crippen molar-refractivity contribution < 1.29 is 17.9 Å². The van der Waals surface area contributed by atoms with Gasteiger partial charge in [-0.2, -0.15) is 0 Å². The number of hydrogen-bond donors (Lipinski definition) is 1. The van der Waals surface area contributed by atoms with Crippen molar-refractivity contribution in [3.05, 3.63) is 23.9 Å². The summed E-state index contributed by atoms with van der Waals surface area (Å²) in [4.78, 5) is 18.8. The molecule has 2 heterocycles. The van der Waals surface area contributed by atoms with Crippen LogP contribution in [0, 0.1) is 0 Å². The van der Waals surface area contributed by atoms with Crippen molar-refractivity contribution in [2.75, 3.05) is 19.3 Å². The van der Waals surface area contributed by atoms with E-state index in [2.05, 4.69) is 9.71 Å². The number of ether oxygens (including phenoxy) is 1. The van der Waals surface area contributed by atoms with Gasteiger partial charge in [0.05, 0.1) is 12.4 Å². The van der Waals surface area contributed by atoms with Crippen molar-refractivity contribution in [3.63, 3.8) is 0 Å². The lowest BCUT2D eigenvalue weighted by Gasteiger charge is -2.35. The number of sulfonamides is 1. The van der Waals surface area contributed by atoms with Crippen LogP contribution in [0.25, 0.3) is 0 Å². The molecule has 1 N–H and O–H groups in total.